The molecule has 0 radical (unpaired) electrons. The number of aromatic nitrogens is 1. The van der Waals surface area contributed by atoms with Gasteiger partial charge < -0.3 is 5.32 Å². The average molecular weight is 247 g/mol. The maximum Gasteiger partial charge on any atom is 0.0544 e. The summed E-state index contributed by atoms with van der Waals surface area (Å²) in [4.78, 5) is 7.14. The largest absolute Gasteiger partial charge is 0.320 e. The standard InChI is InChI=1S/C15H25N3/c1-13-6-7-14(17-11-13)12-18-10-4-3-5-15(18)8-9-16-2/h6-7,11,15-16H,3-5,8-10,12H2,1-2H3. The Morgan fingerprint density at radius 2 is 2.28 bits per heavy atom. The predicted octanol–water partition coefficient (Wildman–Crippen LogP) is 2.35. The van der Waals surface area contributed by atoms with E-state index >= 15 is 0 Å². The van der Waals surface area contributed by atoms with Gasteiger partial charge in [-0.15, -0.1) is 0 Å². The number of hydrogen-bond donors (Lipinski definition) is 1. The van der Waals surface area contributed by atoms with Gasteiger partial charge in [0.2, 0.25) is 0 Å². The second-order valence-corrected chi connectivity index (χ2v) is 5.34. The number of nitrogens with one attached hydrogen (secondary N) is 1. The third kappa shape index (κ3) is 3.79. The molecule has 1 aliphatic rings. The highest BCUT2D eigenvalue weighted by Gasteiger charge is 2.21. The number of nitrogens with zero attached hydrogens (tertiary/aromatic N) is 2. The van der Waals surface area contributed by atoms with Crippen molar-refractivity contribution in [2.45, 2.75) is 45.2 Å². The smallest absolute Gasteiger partial charge is 0.0544 e. The molecule has 2 heterocycles. The Bertz CT molecular complexity index is 347. The van der Waals surface area contributed by atoms with Crippen LogP contribution in [-0.4, -0.2) is 36.1 Å². The Morgan fingerprint density at radius 3 is 3.00 bits per heavy atom. The van der Waals surface area contributed by atoms with Crippen molar-refractivity contribution in [3.8, 4) is 0 Å². The molecule has 1 aliphatic heterocycles. The van der Waals surface area contributed by atoms with Crippen molar-refractivity contribution in [2.24, 2.45) is 0 Å². The summed E-state index contributed by atoms with van der Waals surface area (Å²) in [5.74, 6) is 0. The van der Waals surface area contributed by atoms with Crippen LogP contribution in [0.5, 0.6) is 0 Å². The van der Waals surface area contributed by atoms with Crippen molar-refractivity contribution in [3.63, 3.8) is 0 Å². The summed E-state index contributed by atoms with van der Waals surface area (Å²) >= 11 is 0. The summed E-state index contributed by atoms with van der Waals surface area (Å²) < 4.78 is 0. The zero-order valence-electron chi connectivity index (χ0n) is 11.7. The fourth-order valence-electron chi connectivity index (χ4n) is 2.71. The Hall–Kier alpha value is -0.930. The lowest BCUT2D eigenvalue weighted by Crippen LogP contribution is -2.40. The number of aryl methyl sites for hydroxylation is 1. The molecule has 3 nitrogen and oxygen atoms in total. The molecule has 1 N–H and O–H groups in total. The van der Waals surface area contributed by atoms with Crippen LogP contribution in [0.1, 0.15) is 36.9 Å². The average Bonchev–Trinajstić information content (AvgIpc) is 2.40. The van der Waals surface area contributed by atoms with Gasteiger partial charge in [-0.25, -0.2) is 0 Å². The van der Waals surface area contributed by atoms with Gasteiger partial charge in [-0.1, -0.05) is 12.5 Å². The maximum absolute atomic E-state index is 4.53. The molecule has 1 fully saturated rings. The van der Waals surface area contributed by atoms with E-state index in [9.17, 15) is 0 Å². The molecule has 1 unspecified atom stereocenters. The van der Waals surface area contributed by atoms with Crippen LogP contribution >= 0.6 is 0 Å². The molecule has 3 heteroatoms. The quantitative estimate of drug-likeness (QED) is 0.865. The molecule has 0 aromatic carbocycles. The van der Waals surface area contributed by atoms with E-state index < -0.39 is 0 Å². The van der Waals surface area contributed by atoms with Crippen LogP contribution in [0, 0.1) is 6.92 Å². The molecule has 0 saturated carbocycles. The molecule has 1 atom stereocenters. The first-order chi connectivity index (χ1) is 8.79. The van der Waals surface area contributed by atoms with Gasteiger partial charge in [0, 0.05) is 18.8 Å². The molecule has 1 aromatic rings. The molecule has 0 aliphatic carbocycles. The highest BCUT2D eigenvalue weighted by Crippen LogP contribution is 2.21. The molecular formula is C15H25N3. The molecule has 0 spiro atoms. The summed E-state index contributed by atoms with van der Waals surface area (Å²) in [5, 5.41) is 3.26. The molecular weight excluding hydrogens is 222 g/mol. The fourth-order valence-corrected chi connectivity index (χ4v) is 2.71. The van der Waals surface area contributed by atoms with E-state index in [1.54, 1.807) is 0 Å². The minimum Gasteiger partial charge on any atom is -0.320 e. The minimum absolute atomic E-state index is 0.731. The summed E-state index contributed by atoms with van der Waals surface area (Å²) in [6.07, 6.45) is 7.28. The minimum atomic E-state index is 0.731. The lowest BCUT2D eigenvalue weighted by Gasteiger charge is -2.35. The van der Waals surface area contributed by atoms with Gasteiger partial charge in [-0.2, -0.15) is 0 Å². The fraction of sp³-hybridized carbons (Fsp3) is 0.667. The Kier molecular flexibility index (Phi) is 5.14. The predicted molar refractivity (Wildman–Crippen MR) is 75.6 cm³/mol. The third-order valence-electron chi connectivity index (χ3n) is 3.81. The van der Waals surface area contributed by atoms with Gasteiger partial charge in [0.15, 0.2) is 0 Å². The topological polar surface area (TPSA) is 28.2 Å². The first-order valence-corrected chi connectivity index (χ1v) is 7.10. The number of hydrogen-bond acceptors (Lipinski definition) is 3. The highest BCUT2D eigenvalue weighted by molar-refractivity contribution is 5.12. The van der Waals surface area contributed by atoms with Crippen LogP contribution in [0.4, 0.5) is 0 Å². The number of rotatable bonds is 5. The Morgan fingerprint density at radius 1 is 1.39 bits per heavy atom. The van der Waals surface area contributed by atoms with Crippen molar-refractivity contribution < 1.29 is 0 Å². The number of likely N-dealkylation sites (tertiary alicyclic amines) is 1. The number of piperidine rings is 1. The van der Waals surface area contributed by atoms with E-state index in [0.29, 0.717) is 0 Å². The van der Waals surface area contributed by atoms with Crippen molar-refractivity contribution in [2.75, 3.05) is 20.1 Å². The SMILES string of the molecule is CNCCC1CCCCN1Cc1ccc(C)cn1. The Labute approximate surface area is 111 Å². The van der Waals surface area contributed by atoms with Gasteiger partial charge in [0.05, 0.1) is 5.69 Å². The van der Waals surface area contributed by atoms with Gasteiger partial charge in [0.1, 0.15) is 0 Å². The highest BCUT2D eigenvalue weighted by atomic mass is 15.2. The van der Waals surface area contributed by atoms with Crippen LogP contribution in [0.15, 0.2) is 18.3 Å². The van der Waals surface area contributed by atoms with E-state index in [1.165, 1.54) is 43.5 Å². The summed E-state index contributed by atoms with van der Waals surface area (Å²) in [6.45, 7) is 5.44. The lowest BCUT2D eigenvalue weighted by molar-refractivity contribution is 0.131. The molecule has 2 rings (SSSR count). The third-order valence-corrected chi connectivity index (χ3v) is 3.81. The van der Waals surface area contributed by atoms with E-state index in [1.807, 2.05) is 13.2 Å². The normalized spacial score (nSPS) is 21.1. The van der Waals surface area contributed by atoms with Gasteiger partial charge in [0.25, 0.3) is 0 Å². The molecule has 18 heavy (non-hydrogen) atoms. The van der Waals surface area contributed by atoms with Crippen molar-refractivity contribution >= 4 is 0 Å². The van der Waals surface area contributed by atoms with Gasteiger partial charge >= 0.3 is 0 Å². The second-order valence-electron chi connectivity index (χ2n) is 5.34. The summed E-state index contributed by atoms with van der Waals surface area (Å²) in [7, 11) is 2.04. The molecule has 0 amide bonds. The van der Waals surface area contributed by atoms with E-state index in [0.717, 1.165) is 19.1 Å². The zero-order valence-corrected chi connectivity index (χ0v) is 11.7. The molecule has 100 valence electrons. The summed E-state index contributed by atoms with van der Waals surface area (Å²) in [5.41, 5.74) is 2.45. The lowest BCUT2D eigenvalue weighted by atomic mass is 9.99. The summed E-state index contributed by atoms with van der Waals surface area (Å²) in [6, 6.07) is 5.06. The van der Waals surface area contributed by atoms with Crippen LogP contribution in [-0.2, 0) is 6.54 Å². The van der Waals surface area contributed by atoms with Crippen molar-refractivity contribution in [1.82, 2.24) is 15.2 Å². The maximum atomic E-state index is 4.53. The first kappa shape index (κ1) is 13.5. The van der Waals surface area contributed by atoms with Crippen molar-refractivity contribution in [3.05, 3.63) is 29.6 Å². The monoisotopic (exact) mass is 247 g/mol. The molecule has 1 aromatic heterocycles. The van der Waals surface area contributed by atoms with Crippen LogP contribution in [0.25, 0.3) is 0 Å². The van der Waals surface area contributed by atoms with E-state index in [-0.39, 0.29) is 0 Å². The van der Waals surface area contributed by atoms with Crippen LogP contribution < -0.4 is 5.32 Å². The van der Waals surface area contributed by atoms with Crippen molar-refractivity contribution in [1.29, 1.82) is 0 Å². The first-order valence-electron chi connectivity index (χ1n) is 7.10. The molecule has 0 bridgehead atoms. The zero-order chi connectivity index (χ0) is 12.8. The van der Waals surface area contributed by atoms with Gasteiger partial charge in [-0.3, -0.25) is 9.88 Å². The van der Waals surface area contributed by atoms with Crippen LogP contribution in [0.2, 0.25) is 0 Å². The van der Waals surface area contributed by atoms with Gasteiger partial charge in [-0.05, 0) is 58.0 Å². The van der Waals surface area contributed by atoms with E-state index in [2.05, 4.69) is 34.3 Å². The Balaban J connectivity index is 1.94. The number of pyridine rings is 1. The van der Waals surface area contributed by atoms with Crippen LogP contribution in [0.3, 0.4) is 0 Å². The molecule has 1 saturated heterocycles. The second kappa shape index (κ2) is 6.86. The van der Waals surface area contributed by atoms with E-state index in [4.69, 9.17) is 0 Å².